The van der Waals surface area contributed by atoms with Gasteiger partial charge in [0.15, 0.2) is 0 Å². The lowest BCUT2D eigenvalue weighted by atomic mass is 10.1. The van der Waals surface area contributed by atoms with Crippen LogP contribution in [0.4, 0.5) is 10.5 Å². The molecule has 7 nitrogen and oxygen atoms in total. The minimum Gasteiger partial charge on any atom is -0.497 e. The maximum Gasteiger partial charge on any atom is 0.318 e. The van der Waals surface area contributed by atoms with Crippen LogP contribution < -0.4 is 19.7 Å². The van der Waals surface area contributed by atoms with Gasteiger partial charge in [-0.2, -0.15) is 0 Å². The Balaban J connectivity index is 2.23. The molecule has 0 aliphatic carbocycles. The Morgan fingerprint density at radius 3 is 2.44 bits per heavy atom. The van der Waals surface area contributed by atoms with Gasteiger partial charge in [0.25, 0.3) is 0 Å². The summed E-state index contributed by atoms with van der Waals surface area (Å²) in [4.78, 5) is 28.5. The van der Waals surface area contributed by atoms with E-state index in [0.29, 0.717) is 30.3 Å². The summed E-state index contributed by atoms with van der Waals surface area (Å²) in [6.45, 7) is 8.31. The summed E-state index contributed by atoms with van der Waals surface area (Å²) in [5, 5.41) is 2.91. The van der Waals surface area contributed by atoms with Crippen LogP contribution in [0.5, 0.6) is 11.5 Å². The van der Waals surface area contributed by atoms with Gasteiger partial charge in [-0.25, -0.2) is 4.79 Å². The van der Waals surface area contributed by atoms with E-state index in [9.17, 15) is 9.59 Å². The number of methoxy groups -OCH3 is 2. The Labute approximate surface area is 148 Å². The van der Waals surface area contributed by atoms with Crippen LogP contribution in [-0.4, -0.2) is 55.7 Å². The molecule has 0 unspecified atom stereocenters. The topological polar surface area (TPSA) is 71.1 Å². The second-order valence-electron chi connectivity index (χ2n) is 7.08. The van der Waals surface area contributed by atoms with Crippen molar-refractivity contribution in [2.24, 2.45) is 0 Å². The number of urea groups is 1. The number of anilines is 1. The molecule has 0 radical (unpaired) electrons. The lowest BCUT2D eigenvalue weighted by Gasteiger charge is -2.40. The molecule has 2 rings (SSSR count). The zero-order valence-corrected chi connectivity index (χ0v) is 15.8. The van der Waals surface area contributed by atoms with Gasteiger partial charge in [-0.3, -0.25) is 4.79 Å². The molecule has 1 aliphatic heterocycles. The van der Waals surface area contributed by atoms with Gasteiger partial charge in [-0.05, 0) is 39.8 Å². The highest BCUT2D eigenvalue weighted by atomic mass is 16.5. The number of nitrogens with zero attached hydrogens (tertiary/aromatic N) is 2. The predicted molar refractivity (Wildman–Crippen MR) is 96.4 cm³/mol. The summed E-state index contributed by atoms with van der Waals surface area (Å²) in [6.07, 6.45) is 0. The molecule has 0 spiro atoms. The van der Waals surface area contributed by atoms with Crippen molar-refractivity contribution in [3.8, 4) is 11.5 Å². The first-order valence-corrected chi connectivity index (χ1v) is 8.30. The fraction of sp³-hybridized carbons (Fsp3) is 0.556. The molecule has 25 heavy (non-hydrogen) atoms. The van der Waals surface area contributed by atoms with E-state index in [1.54, 1.807) is 49.1 Å². The lowest BCUT2D eigenvalue weighted by Crippen LogP contribution is -2.61. The van der Waals surface area contributed by atoms with Gasteiger partial charge in [0.2, 0.25) is 5.91 Å². The molecular formula is C18H27N3O4. The Morgan fingerprint density at radius 1 is 1.20 bits per heavy atom. The van der Waals surface area contributed by atoms with Crippen LogP contribution in [0.2, 0.25) is 0 Å². The molecule has 1 atom stereocenters. The number of ether oxygens (including phenoxy) is 2. The molecule has 1 saturated heterocycles. The largest absolute Gasteiger partial charge is 0.497 e. The summed E-state index contributed by atoms with van der Waals surface area (Å²) >= 11 is 0. The minimum atomic E-state index is -0.563. The number of carbonyl (C=O) groups is 2. The average molecular weight is 349 g/mol. The van der Waals surface area contributed by atoms with E-state index in [2.05, 4.69) is 5.32 Å². The third-order valence-corrected chi connectivity index (χ3v) is 4.08. The van der Waals surface area contributed by atoms with Gasteiger partial charge >= 0.3 is 6.03 Å². The number of nitrogens with one attached hydrogen (secondary N) is 1. The lowest BCUT2D eigenvalue weighted by molar-refractivity contribution is -0.124. The SMILES string of the molecule is COc1ccc(OC)c(N2CCN(C(=O)NC(C)(C)C)[C@H](C)C2=O)c1. The number of amides is 3. The third kappa shape index (κ3) is 4.15. The van der Waals surface area contributed by atoms with Crippen LogP contribution in [0.3, 0.4) is 0 Å². The highest BCUT2D eigenvalue weighted by molar-refractivity contribution is 6.01. The molecule has 138 valence electrons. The monoisotopic (exact) mass is 349 g/mol. The Hall–Kier alpha value is -2.44. The van der Waals surface area contributed by atoms with Crippen LogP contribution in [-0.2, 0) is 4.79 Å². The van der Waals surface area contributed by atoms with Gasteiger partial charge < -0.3 is 24.6 Å². The Morgan fingerprint density at radius 2 is 1.88 bits per heavy atom. The van der Waals surface area contributed by atoms with Crippen LogP contribution in [0.1, 0.15) is 27.7 Å². The number of hydrogen-bond donors (Lipinski definition) is 1. The fourth-order valence-electron chi connectivity index (χ4n) is 2.79. The predicted octanol–water partition coefficient (Wildman–Crippen LogP) is 2.25. The van der Waals surface area contributed by atoms with E-state index >= 15 is 0 Å². The Kier molecular flexibility index (Phi) is 5.45. The molecule has 0 aromatic heterocycles. The standard InChI is InChI=1S/C18H27N3O4/c1-12-16(22)21(10-9-20(12)17(23)19-18(2,3)4)14-11-13(24-5)7-8-15(14)25-6/h7-8,11-12H,9-10H2,1-6H3,(H,19,23)/t12-/m1/s1. The van der Waals surface area contributed by atoms with Crippen LogP contribution in [0, 0.1) is 0 Å². The van der Waals surface area contributed by atoms with E-state index < -0.39 is 6.04 Å². The first-order valence-electron chi connectivity index (χ1n) is 8.30. The van der Waals surface area contributed by atoms with Crippen LogP contribution >= 0.6 is 0 Å². The van der Waals surface area contributed by atoms with Gasteiger partial charge in [0, 0.05) is 24.7 Å². The zero-order chi connectivity index (χ0) is 18.8. The van der Waals surface area contributed by atoms with Crippen molar-refractivity contribution in [2.75, 3.05) is 32.2 Å². The van der Waals surface area contributed by atoms with Gasteiger partial charge in [-0.1, -0.05) is 0 Å². The van der Waals surface area contributed by atoms with Crippen molar-refractivity contribution >= 4 is 17.6 Å². The van der Waals surface area contributed by atoms with Gasteiger partial charge in [0.05, 0.1) is 19.9 Å². The average Bonchev–Trinajstić information content (AvgIpc) is 2.55. The van der Waals surface area contributed by atoms with Crippen LogP contribution in [0.25, 0.3) is 0 Å². The van der Waals surface area contributed by atoms with Gasteiger partial charge in [-0.15, -0.1) is 0 Å². The van der Waals surface area contributed by atoms with Crippen molar-refractivity contribution in [1.29, 1.82) is 0 Å². The quantitative estimate of drug-likeness (QED) is 0.908. The maximum absolute atomic E-state index is 12.9. The second-order valence-corrected chi connectivity index (χ2v) is 7.08. The molecular weight excluding hydrogens is 322 g/mol. The third-order valence-electron chi connectivity index (χ3n) is 4.08. The first kappa shape index (κ1) is 18.9. The van der Waals surface area contributed by atoms with E-state index in [4.69, 9.17) is 9.47 Å². The summed E-state index contributed by atoms with van der Waals surface area (Å²) in [5.41, 5.74) is 0.294. The summed E-state index contributed by atoms with van der Waals surface area (Å²) in [5.74, 6) is 1.08. The smallest absolute Gasteiger partial charge is 0.318 e. The number of carbonyl (C=O) groups excluding carboxylic acids is 2. The fourth-order valence-corrected chi connectivity index (χ4v) is 2.79. The van der Waals surface area contributed by atoms with E-state index in [-0.39, 0.29) is 17.5 Å². The summed E-state index contributed by atoms with van der Waals surface area (Å²) in [6, 6.07) is 4.53. The molecule has 7 heteroatoms. The number of piperazine rings is 1. The second kappa shape index (κ2) is 7.21. The van der Waals surface area contributed by atoms with E-state index in [0.717, 1.165) is 0 Å². The van der Waals surface area contributed by atoms with Gasteiger partial charge in [0.1, 0.15) is 17.5 Å². The maximum atomic E-state index is 12.9. The van der Waals surface area contributed by atoms with Crippen molar-refractivity contribution in [1.82, 2.24) is 10.2 Å². The minimum absolute atomic E-state index is 0.151. The van der Waals surface area contributed by atoms with Crippen molar-refractivity contribution < 1.29 is 19.1 Å². The van der Waals surface area contributed by atoms with E-state index in [1.807, 2.05) is 20.8 Å². The van der Waals surface area contributed by atoms with E-state index in [1.165, 1.54) is 0 Å². The molecule has 0 bridgehead atoms. The normalized spacial score (nSPS) is 18.2. The highest BCUT2D eigenvalue weighted by Crippen LogP contribution is 2.34. The van der Waals surface area contributed by atoms with Crippen molar-refractivity contribution in [2.45, 2.75) is 39.3 Å². The number of rotatable bonds is 3. The molecule has 1 aromatic carbocycles. The first-order chi connectivity index (χ1) is 11.7. The number of benzene rings is 1. The zero-order valence-electron chi connectivity index (χ0n) is 15.8. The molecule has 1 aliphatic rings. The molecule has 1 heterocycles. The molecule has 0 saturated carbocycles. The number of hydrogen-bond acceptors (Lipinski definition) is 4. The Bertz CT molecular complexity index is 654. The summed E-state index contributed by atoms with van der Waals surface area (Å²) in [7, 11) is 3.14. The molecule has 1 fully saturated rings. The van der Waals surface area contributed by atoms with Crippen LogP contribution in [0.15, 0.2) is 18.2 Å². The highest BCUT2D eigenvalue weighted by Gasteiger charge is 2.37. The van der Waals surface area contributed by atoms with Crippen molar-refractivity contribution in [3.05, 3.63) is 18.2 Å². The summed E-state index contributed by atoms with van der Waals surface area (Å²) < 4.78 is 10.6. The molecule has 1 N–H and O–H groups in total. The molecule has 3 amide bonds. The van der Waals surface area contributed by atoms with Crippen molar-refractivity contribution in [3.63, 3.8) is 0 Å². The molecule has 1 aromatic rings.